The minimum atomic E-state index is -0.0221. The summed E-state index contributed by atoms with van der Waals surface area (Å²) in [6, 6.07) is 8.44. The van der Waals surface area contributed by atoms with Gasteiger partial charge in [0.05, 0.1) is 5.69 Å². The number of hydrogen-bond donors (Lipinski definition) is 1. The summed E-state index contributed by atoms with van der Waals surface area (Å²) in [5, 5.41) is 7.47. The molecule has 0 saturated carbocycles. The third-order valence-corrected chi connectivity index (χ3v) is 4.38. The molecule has 116 valence electrons. The number of carbonyl (C=O) groups excluding carboxylic acids is 1. The second-order valence-electron chi connectivity index (χ2n) is 6.33. The highest BCUT2D eigenvalue weighted by molar-refractivity contribution is 5.94. The molecule has 4 nitrogen and oxygen atoms in total. The first-order valence-corrected chi connectivity index (χ1v) is 7.98. The van der Waals surface area contributed by atoms with Crippen molar-refractivity contribution in [2.75, 3.05) is 0 Å². The van der Waals surface area contributed by atoms with E-state index >= 15 is 0 Å². The van der Waals surface area contributed by atoms with E-state index in [0.29, 0.717) is 12.5 Å². The first-order chi connectivity index (χ1) is 10.6. The van der Waals surface area contributed by atoms with Crippen LogP contribution in [0, 0.1) is 0 Å². The van der Waals surface area contributed by atoms with Crippen molar-refractivity contribution >= 4 is 5.91 Å². The Balaban J connectivity index is 1.68. The fourth-order valence-electron chi connectivity index (χ4n) is 3.09. The monoisotopic (exact) mass is 297 g/mol. The van der Waals surface area contributed by atoms with Gasteiger partial charge in [-0.25, -0.2) is 0 Å². The molecular formula is C18H23N3O. The molecule has 0 spiro atoms. The number of benzene rings is 1. The van der Waals surface area contributed by atoms with Gasteiger partial charge in [0.25, 0.3) is 5.91 Å². The van der Waals surface area contributed by atoms with Crippen molar-refractivity contribution in [3.63, 3.8) is 0 Å². The topological polar surface area (TPSA) is 46.9 Å². The van der Waals surface area contributed by atoms with Crippen LogP contribution in [0.5, 0.6) is 0 Å². The van der Waals surface area contributed by atoms with Crippen LogP contribution in [0.15, 0.2) is 24.3 Å². The molecule has 0 aliphatic heterocycles. The van der Waals surface area contributed by atoms with Gasteiger partial charge in [-0.2, -0.15) is 5.10 Å². The van der Waals surface area contributed by atoms with Gasteiger partial charge in [0.1, 0.15) is 5.69 Å². The van der Waals surface area contributed by atoms with Crippen LogP contribution in [0.2, 0.25) is 0 Å². The number of aryl methyl sites for hydroxylation is 2. The van der Waals surface area contributed by atoms with Gasteiger partial charge < -0.3 is 5.32 Å². The number of amides is 1. The zero-order valence-electron chi connectivity index (χ0n) is 13.5. The summed E-state index contributed by atoms with van der Waals surface area (Å²) in [5.74, 6) is 0.506. The summed E-state index contributed by atoms with van der Waals surface area (Å²) in [4.78, 5) is 12.5. The third-order valence-electron chi connectivity index (χ3n) is 4.38. The lowest BCUT2D eigenvalue weighted by atomic mass is 10.0. The van der Waals surface area contributed by atoms with Gasteiger partial charge in [-0.05, 0) is 36.3 Å². The van der Waals surface area contributed by atoms with Gasteiger partial charge in [-0.3, -0.25) is 9.48 Å². The highest BCUT2D eigenvalue weighted by atomic mass is 16.2. The molecule has 1 heterocycles. The minimum absolute atomic E-state index is 0.0221. The molecule has 0 saturated heterocycles. The Kier molecular flexibility index (Phi) is 4.01. The highest BCUT2D eigenvalue weighted by Crippen LogP contribution is 2.24. The largest absolute Gasteiger partial charge is 0.347 e. The number of nitrogens with zero attached hydrogens (tertiary/aromatic N) is 2. The Morgan fingerprint density at radius 3 is 2.68 bits per heavy atom. The van der Waals surface area contributed by atoms with E-state index in [2.05, 4.69) is 48.5 Å². The molecule has 0 radical (unpaired) electrons. The van der Waals surface area contributed by atoms with Gasteiger partial charge >= 0.3 is 0 Å². The maximum Gasteiger partial charge on any atom is 0.270 e. The number of hydrogen-bond acceptors (Lipinski definition) is 2. The van der Waals surface area contributed by atoms with Crippen LogP contribution in [0.4, 0.5) is 0 Å². The lowest BCUT2D eigenvalue weighted by Gasteiger charge is -2.09. The van der Waals surface area contributed by atoms with E-state index in [-0.39, 0.29) is 5.91 Å². The number of nitrogens with one attached hydrogen (secondary N) is 1. The zero-order valence-corrected chi connectivity index (χ0v) is 13.5. The first-order valence-electron chi connectivity index (χ1n) is 7.98. The summed E-state index contributed by atoms with van der Waals surface area (Å²) in [6.07, 6.45) is 3.07. The van der Waals surface area contributed by atoms with E-state index in [1.807, 2.05) is 7.05 Å². The maximum atomic E-state index is 12.5. The Bertz CT molecular complexity index is 683. The Morgan fingerprint density at radius 2 is 2.00 bits per heavy atom. The van der Waals surface area contributed by atoms with Gasteiger partial charge in [0.15, 0.2) is 0 Å². The van der Waals surface area contributed by atoms with E-state index in [9.17, 15) is 4.79 Å². The molecule has 1 N–H and O–H groups in total. The van der Waals surface area contributed by atoms with Gasteiger partial charge in [0, 0.05) is 19.2 Å². The lowest BCUT2D eigenvalue weighted by Crippen LogP contribution is -2.26. The summed E-state index contributed by atoms with van der Waals surface area (Å²) in [5.41, 5.74) is 5.39. The SMILES string of the molecule is CC(C)c1ccc(CNC(=O)c2c3c(nn2C)CCC3)cc1. The molecule has 22 heavy (non-hydrogen) atoms. The van der Waals surface area contributed by atoms with Gasteiger partial charge in [-0.15, -0.1) is 0 Å². The van der Waals surface area contributed by atoms with E-state index in [1.54, 1.807) is 4.68 Å². The normalized spacial score (nSPS) is 13.5. The predicted octanol–water partition coefficient (Wildman–Crippen LogP) is 2.96. The fraction of sp³-hybridized carbons (Fsp3) is 0.444. The molecule has 2 aromatic rings. The van der Waals surface area contributed by atoms with Gasteiger partial charge in [0.2, 0.25) is 0 Å². The molecule has 0 fully saturated rings. The fourth-order valence-corrected chi connectivity index (χ4v) is 3.09. The van der Waals surface area contributed by atoms with E-state index in [0.717, 1.165) is 41.8 Å². The van der Waals surface area contributed by atoms with Crippen molar-refractivity contribution in [3.8, 4) is 0 Å². The van der Waals surface area contributed by atoms with Crippen LogP contribution in [0.1, 0.15) is 59.1 Å². The average molecular weight is 297 g/mol. The molecule has 1 aromatic carbocycles. The summed E-state index contributed by atoms with van der Waals surface area (Å²) in [7, 11) is 1.85. The van der Waals surface area contributed by atoms with Crippen LogP contribution < -0.4 is 5.32 Å². The summed E-state index contributed by atoms with van der Waals surface area (Å²) in [6.45, 7) is 4.91. The Morgan fingerprint density at radius 1 is 1.27 bits per heavy atom. The van der Waals surface area contributed by atoms with Crippen LogP contribution >= 0.6 is 0 Å². The minimum Gasteiger partial charge on any atom is -0.347 e. The van der Waals surface area contributed by atoms with E-state index in [1.165, 1.54) is 5.56 Å². The van der Waals surface area contributed by atoms with E-state index < -0.39 is 0 Å². The van der Waals surface area contributed by atoms with Gasteiger partial charge in [-0.1, -0.05) is 38.1 Å². The number of fused-ring (bicyclic) bond motifs is 1. The molecule has 1 aliphatic rings. The maximum absolute atomic E-state index is 12.5. The molecule has 3 rings (SSSR count). The second kappa shape index (κ2) is 5.95. The molecule has 1 aliphatic carbocycles. The predicted molar refractivity (Wildman–Crippen MR) is 86.9 cm³/mol. The van der Waals surface area contributed by atoms with Crippen LogP contribution in [0.25, 0.3) is 0 Å². The highest BCUT2D eigenvalue weighted by Gasteiger charge is 2.24. The zero-order chi connectivity index (χ0) is 15.7. The number of carbonyl (C=O) groups is 1. The molecule has 0 atom stereocenters. The quantitative estimate of drug-likeness (QED) is 0.943. The van der Waals surface area contributed by atoms with Crippen molar-refractivity contribution < 1.29 is 4.79 Å². The van der Waals surface area contributed by atoms with Crippen molar-refractivity contribution in [1.29, 1.82) is 0 Å². The summed E-state index contributed by atoms with van der Waals surface area (Å²) >= 11 is 0. The van der Waals surface area contributed by atoms with Crippen molar-refractivity contribution in [1.82, 2.24) is 15.1 Å². The molecular weight excluding hydrogens is 274 g/mol. The lowest BCUT2D eigenvalue weighted by molar-refractivity contribution is 0.0940. The van der Waals surface area contributed by atoms with Crippen molar-refractivity contribution in [3.05, 3.63) is 52.3 Å². The average Bonchev–Trinajstić information content (AvgIpc) is 3.05. The molecule has 1 amide bonds. The van der Waals surface area contributed by atoms with E-state index in [4.69, 9.17) is 0 Å². The smallest absolute Gasteiger partial charge is 0.270 e. The third kappa shape index (κ3) is 2.78. The Hall–Kier alpha value is -2.10. The van der Waals surface area contributed by atoms with Crippen LogP contribution in [-0.2, 0) is 26.4 Å². The second-order valence-corrected chi connectivity index (χ2v) is 6.33. The standard InChI is InChI=1S/C18H23N3O/c1-12(2)14-9-7-13(8-10-14)11-19-18(22)17-15-5-4-6-16(15)20-21(17)3/h7-10,12H,4-6,11H2,1-3H3,(H,19,22). The van der Waals surface area contributed by atoms with Crippen LogP contribution in [-0.4, -0.2) is 15.7 Å². The molecule has 1 aromatic heterocycles. The summed E-state index contributed by atoms with van der Waals surface area (Å²) < 4.78 is 1.72. The number of aromatic nitrogens is 2. The van der Waals surface area contributed by atoms with Crippen molar-refractivity contribution in [2.24, 2.45) is 7.05 Å². The van der Waals surface area contributed by atoms with Crippen LogP contribution in [0.3, 0.4) is 0 Å². The van der Waals surface area contributed by atoms with Crippen molar-refractivity contribution in [2.45, 2.75) is 45.6 Å². The molecule has 0 bridgehead atoms. The number of rotatable bonds is 4. The molecule has 0 unspecified atom stereocenters. The molecule has 4 heteroatoms. The first kappa shape index (κ1) is 14.8. The Labute approximate surface area is 131 Å².